The number of nitrogens with zero attached hydrogens (tertiary/aromatic N) is 3. The van der Waals surface area contributed by atoms with Gasteiger partial charge in [-0.2, -0.15) is 0 Å². The summed E-state index contributed by atoms with van der Waals surface area (Å²) >= 11 is 5.69. The number of esters is 1. The number of aromatic nitrogens is 2. The van der Waals surface area contributed by atoms with Crippen molar-refractivity contribution in [3.05, 3.63) is 11.3 Å². The second-order valence-electron chi connectivity index (χ2n) is 5.50. The van der Waals surface area contributed by atoms with Crippen LogP contribution in [0, 0.1) is 0 Å². The topological polar surface area (TPSA) is 136 Å². The van der Waals surface area contributed by atoms with Gasteiger partial charge < -0.3 is 15.6 Å². The van der Waals surface area contributed by atoms with Crippen LogP contribution in [-0.2, 0) is 19.1 Å². The standard InChI is InChI=1S/C14H16N4O5S4/c1-6(19)23-2-3-24-13-16-17-14(27-13)26-5-7-4-25-11-8(15)10(20)18(11)9(7)12(21)22/h8,11H,2-5,15H2,1H3,(H,21,22)/t8?,11-/m0/s1. The average molecular weight is 449 g/mol. The van der Waals surface area contributed by atoms with E-state index in [9.17, 15) is 19.5 Å². The second kappa shape index (κ2) is 8.82. The summed E-state index contributed by atoms with van der Waals surface area (Å²) in [6.07, 6.45) is 0. The lowest BCUT2D eigenvalue weighted by Gasteiger charge is -2.48. The lowest BCUT2D eigenvalue weighted by atomic mass is 10.0. The third-order valence-electron chi connectivity index (χ3n) is 3.66. The Labute approximate surface area is 171 Å². The molecule has 1 aromatic heterocycles. The normalized spacial score (nSPS) is 21.7. The van der Waals surface area contributed by atoms with Crippen molar-refractivity contribution in [3.8, 4) is 0 Å². The van der Waals surface area contributed by atoms with Crippen LogP contribution in [-0.4, -0.2) is 73.3 Å². The van der Waals surface area contributed by atoms with Gasteiger partial charge in [0.05, 0.1) is 0 Å². The molecular formula is C14H16N4O5S4. The van der Waals surface area contributed by atoms with Crippen LogP contribution < -0.4 is 5.73 Å². The Morgan fingerprint density at radius 3 is 2.74 bits per heavy atom. The summed E-state index contributed by atoms with van der Waals surface area (Å²) < 4.78 is 6.32. The first-order valence-electron chi connectivity index (χ1n) is 7.76. The van der Waals surface area contributed by atoms with Crippen molar-refractivity contribution in [2.45, 2.75) is 27.0 Å². The van der Waals surface area contributed by atoms with E-state index in [1.54, 1.807) is 0 Å². The smallest absolute Gasteiger partial charge is 0.352 e. The molecule has 9 nitrogen and oxygen atoms in total. The maximum Gasteiger partial charge on any atom is 0.352 e. The first kappa shape index (κ1) is 20.5. The SMILES string of the molecule is CC(=O)OCCSc1nnc(SCC2=C(C(=O)O)N3C(=O)C(N)[C@@H]3SC2)s1. The van der Waals surface area contributed by atoms with Gasteiger partial charge in [0.25, 0.3) is 0 Å². The van der Waals surface area contributed by atoms with Gasteiger partial charge in [0.15, 0.2) is 8.68 Å². The third kappa shape index (κ3) is 4.59. The summed E-state index contributed by atoms with van der Waals surface area (Å²) in [6, 6.07) is -0.631. The summed E-state index contributed by atoms with van der Waals surface area (Å²) in [5.74, 6) is -0.277. The summed E-state index contributed by atoms with van der Waals surface area (Å²) in [5.41, 5.74) is 6.45. The molecule has 1 amide bonds. The summed E-state index contributed by atoms with van der Waals surface area (Å²) in [7, 11) is 0. The van der Waals surface area contributed by atoms with Crippen LogP contribution in [0.4, 0.5) is 0 Å². The molecule has 3 N–H and O–H groups in total. The van der Waals surface area contributed by atoms with E-state index >= 15 is 0 Å². The fraction of sp³-hybridized carbons (Fsp3) is 0.500. The van der Waals surface area contributed by atoms with Gasteiger partial charge in [-0.15, -0.1) is 22.0 Å². The number of carbonyl (C=O) groups excluding carboxylic acids is 2. The highest BCUT2D eigenvalue weighted by Crippen LogP contribution is 2.41. The molecule has 2 atom stereocenters. The predicted octanol–water partition coefficient (Wildman–Crippen LogP) is 0.867. The van der Waals surface area contributed by atoms with Crippen LogP contribution in [0.3, 0.4) is 0 Å². The number of nitrogens with two attached hydrogens (primary N) is 1. The van der Waals surface area contributed by atoms with Crippen molar-refractivity contribution >= 4 is 64.5 Å². The van der Waals surface area contributed by atoms with Crippen LogP contribution in [0.15, 0.2) is 19.9 Å². The number of hydrogen-bond donors (Lipinski definition) is 2. The minimum Gasteiger partial charge on any atom is -0.477 e. The van der Waals surface area contributed by atoms with E-state index in [0.717, 1.165) is 4.34 Å². The Kier molecular flexibility index (Phi) is 6.68. The minimum atomic E-state index is -1.12. The molecule has 1 aromatic rings. The van der Waals surface area contributed by atoms with E-state index < -0.39 is 12.0 Å². The van der Waals surface area contributed by atoms with E-state index in [-0.39, 0.29) is 22.9 Å². The number of carboxylic acids is 1. The number of ether oxygens (including phenoxy) is 1. The molecule has 1 saturated heterocycles. The summed E-state index contributed by atoms with van der Waals surface area (Å²) in [5, 5.41) is 17.4. The Hall–Kier alpha value is -1.28. The molecule has 2 aliphatic heterocycles. The molecule has 3 heterocycles. The molecule has 0 radical (unpaired) electrons. The predicted molar refractivity (Wildman–Crippen MR) is 104 cm³/mol. The Bertz CT molecular complexity index is 798. The molecule has 146 valence electrons. The largest absolute Gasteiger partial charge is 0.477 e. The highest BCUT2D eigenvalue weighted by Gasteiger charge is 2.51. The van der Waals surface area contributed by atoms with Crippen LogP contribution >= 0.6 is 46.6 Å². The van der Waals surface area contributed by atoms with E-state index in [2.05, 4.69) is 10.2 Å². The number of amides is 1. The molecule has 0 spiro atoms. The highest BCUT2D eigenvalue weighted by molar-refractivity contribution is 8.03. The van der Waals surface area contributed by atoms with Gasteiger partial charge in [0.1, 0.15) is 23.7 Å². The molecule has 13 heteroatoms. The Balaban J connectivity index is 1.58. The van der Waals surface area contributed by atoms with E-state index in [4.69, 9.17) is 10.5 Å². The summed E-state index contributed by atoms with van der Waals surface area (Å²) in [6.45, 7) is 1.67. The molecule has 2 aliphatic rings. The van der Waals surface area contributed by atoms with E-state index in [1.165, 1.54) is 58.4 Å². The average Bonchev–Trinajstić information content (AvgIpc) is 3.09. The fourth-order valence-corrected chi connectivity index (χ4v) is 6.81. The monoisotopic (exact) mass is 448 g/mol. The fourth-order valence-electron chi connectivity index (χ4n) is 2.47. The van der Waals surface area contributed by atoms with Gasteiger partial charge >= 0.3 is 11.9 Å². The number of hydrogen-bond acceptors (Lipinski definition) is 11. The zero-order valence-corrected chi connectivity index (χ0v) is 17.4. The van der Waals surface area contributed by atoms with Crippen molar-refractivity contribution in [1.82, 2.24) is 15.1 Å². The van der Waals surface area contributed by atoms with Crippen molar-refractivity contribution in [3.63, 3.8) is 0 Å². The quantitative estimate of drug-likeness (QED) is 0.254. The van der Waals surface area contributed by atoms with Gasteiger partial charge in [-0.3, -0.25) is 14.5 Å². The van der Waals surface area contributed by atoms with E-state index in [1.807, 2.05) is 0 Å². The number of carbonyl (C=O) groups is 3. The van der Waals surface area contributed by atoms with Crippen molar-refractivity contribution in [2.75, 3.05) is 23.9 Å². The number of β-lactam (4-membered cyclic amide) rings is 1. The zero-order chi connectivity index (χ0) is 19.6. The molecule has 0 aliphatic carbocycles. The molecule has 0 bridgehead atoms. The zero-order valence-electron chi connectivity index (χ0n) is 14.1. The van der Waals surface area contributed by atoms with Crippen LogP contribution in [0.2, 0.25) is 0 Å². The van der Waals surface area contributed by atoms with Crippen LogP contribution in [0.25, 0.3) is 0 Å². The Morgan fingerprint density at radius 2 is 2.07 bits per heavy atom. The molecular weight excluding hydrogens is 432 g/mol. The maximum absolute atomic E-state index is 11.9. The number of fused-ring (bicyclic) bond motifs is 1. The molecule has 3 rings (SSSR count). The maximum atomic E-state index is 11.9. The lowest BCUT2D eigenvalue weighted by Crippen LogP contribution is -2.68. The van der Waals surface area contributed by atoms with Gasteiger partial charge in [0, 0.05) is 24.2 Å². The minimum absolute atomic E-state index is 0.0402. The van der Waals surface area contributed by atoms with Gasteiger partial charge in [-0.05, 0) is 5.57 Å². The molecule has 1 unspecified atom stereocenters. The van der Waals surface area contributed by atoms with Gasteiger partial charge in [-0.1, -0.05) is 34.9 Å². The first-order valence-corrected chi connectivity index (χ1v) is 11.6. The van der Waals surface area contributed by atoms with Crippen LogP contribution in [0.5, 0.6) is 0 Å². The van der Waals surface area contributed by atoms with Gasteiger partial charge in [-0.25, -0.2) is 4.79 Å². The molecule has 1 fully saturated rings. The number of thioether (sulfide) groups is 3. The molecule has 0 saturated carbocycles. The number of aliphatic carboxylic acids is 1. The molecule has 0 aromatic carbocycles. The third-order valence-corrected chi connectivity index (χ3v) is 8.26. The van der Waals surface area contributed by atoms with Gasteiger partial charge in [0.2, 0.25) is 5.91 Å². The number of rotatable bonds is 8. The van der Waals surface area contributed by atoms with E-state index in [0.29, 0.717) is 33.8 Å². The molecule has 27 heavy (non-hydrogen) atoms. The lowest BCUT2D eigenvalue weighted by molar-refractivity contribution is -0.147. The summed E-state index contributed by atoms with van der Waals surface area (Å²) in [4.78, 5) is 35.6. The number of carboxylic acid groups (broad SMARTS) is 1. The van der Waals surface area contributed by atoms with Crippen LogP contribution in [0.1, 0.15) is 6.92 Å². The second-order valence-corrected chi connectivity index (χ2v) is 10.2. The van der Waals surface area contributed by atoms with Crippen molar-refractivity contribution in [1.29, 1.82) is 0 Å². The van der Waals surface area contributed by atoms with Crippen molar-refractivity contribution in [2.24, 2.45) is 5.73 Å². The van der Waals surface area contributed by atoms with Crippen molar-refractivity contribution < 1.29 is 24.2 Å². The first-order chi connectivity index (χ1) is 12.9. The highest BCUT2D eigenvalue weighted by atomic mass is 32.2. The Morgan fingerprint density at radius 1 is 1.37 bits per heavy atom.